The molecule has 0 radical (unpaired) electrons. The second-order valence-corrected chi connectivity index (χ2v) is 3.81. The van der Waals surface area contributed by atoms with Crippen LogP contribution in [0, 0.1) is 0 Å². The Morgan fingerprint density at radius 2 is 2.00 bits per heavy atom. The predicted molar refractivity (Wildman–Crippen MR) is 62.4 cm³/mol. The number of para-hydroxylation sites is 1. The van der Waals surface area contributed by atoms with Crippen LogP contribution in [0.3, 0.4) is 0 Å². The second-order valence-electron chi connectivity index (χ2n) is 3.81. The second kappa shape index (κ2) is 3.62. The molecule has 1 aliphatic rings. The number of nitrogens with one attached hydrogen (secondary N) is 2. The molecule has 0 saturated carbocycles. The lowest BCUT2D eigenvalue weighted by Crippen LogP contribution is -2.29. The number of fused-ring (bicyclic) bond motifs is 3. The predicted octanol–water partition coefficient (Wildman–Crippen LogP) is 0.650. The monoisotopic (exact) mass is 230 g/mol. The highest BCUT2D eigenvalue weighted by Gasteiger charge is 2.22. The summed E-state index contributed by atoms with van der Waals surface area (Å²) in [5, 5.41) is 3.37. The van der Waals surface area contributed by atoms with Gasteiger partial charge in [-0.05, 0) is 12.1 Å². The van der Waals surface area contributed by atoms with Crippen LogP contribution in [0.15, 0.2) is 29.1 Å². The zero-order valence-corrected chi connectivity index (χ0v) is 8.95. The lowest BCUT2D eigenvalue weighted by atomic mass is 10.1. The van der Waals surface area contributed by atoms with E-state index in [-0.39, 0.29) is 11.5 Å². The van der Waals surface area contributed by atoms with Crippen LogP contribution in [0.1, 0.15) is 10.4 Å². The molecule has 5 heteroatoms. The maximum absolute atomic E-state index is 11.8. The molecule has 0 unspecified atom stereocenters. The van der Waals surface area contributed by atoms with Crippen LogP contribution in [-0.4, -0.2) is 24.0 Å². The van der Waals surface area contributed by atoms with E-state index in [4.69, 9.17) is 4.74 Å². The van der Waals surface area contributed by atoms with Crippen molar-refractivity contribution in [2.24, 2.45) is 0 Å². The highest BCUT2D eigenvalue weighted by Crippen LogP contribution is 2.26. The van der Waals surface area contributed by atoms with E-state index in [1.54, 1.807) is 6.07 Å². The van der Waals surface area contributed by atoms with E-state index in [0.717, 1.165) is 5.39 Å². The molecular formula is C12H10N2O3. The molecule has 1 amide bonds. The zero-order valence-electron chi connectivity index (χ0n) is 8.95. The van der Waals surface area contributed by atoms with Crippen LogP contribution >= 0.6 is 0 Å². The fourth-order valence-corrected chi connectivity index (χ4v) is 1.97. The van der Waals surface area contributed by atoms with Gasteiger partial charge in [0.2, 0.25) is 0 Å². The van der Waals surface area contributed by atoms with Gasteiger partial charge in [-0.3, -0.25) is 9.59 Å². The summed E-state index contributed by atoms with van der Waals surface area (Å²) in [4.78, 5) is 26.3. The molecule has 5 nitrogen and oxygen atoms in total. The Morgan fingerprint density at radius 1 is 1.18 bits per heavy atom. The van der Waals surface area contributed by atoms with Crippen LogP contribution in [0.25, 0.3) is 10.9 Å². The van der Waals surface area contributed by atoms with Crippen molar-refractivity contribution in [3.05, 3.63) is 40.2 Å². The quantitative estimate of drug-likeness (QED) is 0.698. The number of H-pyrrole nitrogens is 1. The van der Waals surface area contributed by atoms with Gasteiger partial charge in [0.05, 0.1) is 12.1 Å². The van der Waals surface area contributed by atoms with E-state index >= 15 is 0 Å². The highest BCUT2D eigenvalue weighted by atomic mass is 16.5. The minimum absolute atomic E-state index is 0.0567. The Kier molecular flexibility index (Phi) is 2.11. The molecule has 0 fully saturated rings. The van der Waals surface area contributed by atoms with Gasteiger partial charge in [0.15, 0.2) is 0 Å². The molecule has 2 heterocycles. The Morgan fingerprint density at radius 3 is 2.88 bits per heavy atom. The molecule has 0 saturated heterocycles. The van der Waals surface area contributed by atoms with Gasteiger partial charge in [-0.15, -0.1) is 0 Å². The van der Waals surface area contributed by atoms with Gasteiger partial charge in [0.25, 0.3) is 11.5 Å². The van der Waals surface area contributed by atoms with Gasteiger partial charge < -0.3 is 15.0 Å². The number of carbonyl (C=O) groups excluding carboxylic acids is 1. The largest absolute Gasteiger partial charge is 0.490 e. The molecule has 0 aliphatic carbocycles. The maximum Gasteiger partial charge on any atom is 0.265 e. The SMILES string of the molecule is O=C1NCCOc2c1c(=O)[nH]c1ccccc21. The summed E-state index contributed by atoms with van der Waals surface area (Å²) in [6.07, 6.45) is 0. The van der Waals surface area contributed by atoms with E-state index in [0.29, 0.717) is 24.4 Å². The molecule has 2 aromatic rings. The van der Waals surface area contributed by atoms with Crippen molar-refractivity contribution in [3.8, 4) is 5.75 Å². The molecule has 1 aromatic carbocycles. The molecule has 0 atom stereocenters. The van der Waals surface area contributed by atoms with Gasteiger partial charge in [-0.25, -0.2) is 0 Å². The zero-order chi connectivity index (χ0) is 11.8. The summed E-state index contributed by atoms with van der Waals surface area (Å²) in [6.45, 7) is 0.771. The number of ether oxygens (including phenoxy) is 1. The van der Waals surface area contributed by atoms with Crippen molar-refractivity contribution in [1.29, 1.82) is 0 Å². The maximum atomic E-state index is 11.8. The van der Waals surface area contributed by atoms with Crippen molar-refractivity contribution in [2.75, 3.05) is 13.2 Å². The Hall–Kier alpha value is -2.30. The first-order valence-electron chi connectivity index (χ1n) is 5.33. The van der Waals surface area contributed by atoms with Crippen molar-refractivity contribution in [3.63, 3.8) is 0 Å². The van der Waals surface area contributed by atoms with Gasteiger partial charge >= 0.3 is 0 Å². The van der Waals surface area contributed by atoms with Crippen LogP contribution in [0.4, 0.5) is 0 Å². The third kappa shape index (κ3) is 1.47. The summed E-state index contributed by atoms with van der Waals surface area (Å²) in [6, 6.07) is 7.26. The summed E-state index contributed by atoms with van der Waals surface area (Å²) in [7, 11) is 0. The van der Waals surface area contributed by atoms with E-state index in [9.17, 15) is 9.59 Å². The van der Waals surface area contributed by atoms with Gasteiger partial charge in [-0.1, -0.05) is 12.1 Å². The molecular weight excluding hydrogens is 220 g/mol. The van der Waals surface area contributed by atoms with Gasteiger partial charge in [-0.2, -0.15) is 0 Å². The lowest BCUT2D eigenvalue weighted by molar-refractivity contribution is 0.0956. The highest BCUT2D eigenvalue weighted by molar-refractivity contribution is 6.02. The van der Waals surface area contributed by atoms with E-state index < -0.39 is 5.56 Å². The number of aromatic nitrogens is 1. The number of hydrogen-bond donors (Lipinski definition) is 2. The number of pyridine rings is 1. The minimum atomic E-state index is -0.418. The van der Waals surface area contributed by atoms with Gasteiger partial charge in [0.1, 0.15) is 17.9 Å². The Bertz CT molecular complexity index is 660. The number of aromatic amines is 1. The number of carbonyl (C=O) groups is 1. The Balaban J connectivity index is 2.43. The molecule has 2 N–H and O–H groups in total. The minimum Gasteiger partial charge on any atom is -0.490 e. The van der Waals surface area contributed by atoms with Crippen molar-refractivity contribution < 1.29 is 9.53 Å². The average Bonchev–Trinajstić information content (AvgIpc) is 2.52. The molecule has 0 bridgehead atoms. The van der Waals surface area contributed by atoms with Crippen molar-refractivity contribution >= 4 is 16.8 Å². The first-order valence-corrected chi connectivity index (χ1v) is 5.33. The normalized spacial score (nSPS) is 14.7. The summed E-state index contributed by atoms with van der Waals surface area (Å²) in [5.74, 6) is -0.0103. The molecule has 1 aromatic heterocycles. The first-order chi connectivity index (χ1) is 8.27. The molecule has 3 rings (SSSR count). The number of benzene rings is 1. The van der Waals surface area contributed by atoms with E-state index in [1.165, 1.54) is 0 Å². The Labute approximate surface area is 96.4 Å². The summed E-state index contributed by atoms with van der Waals surface area (Å²) < 4.78 is 5.51. The smallest absolute Gasteiger partial charge is 0.265 e. The first kappa shape index (κ1) is 9.89. The van der Waals surface area contributed by atoms with Crippen LogP contribution in [0.2, 0.25) is 0 Å². The summed E-state index contributed by atoms with van der Waals surface area (Å²) >= 11 is 0. The molecule has 86 valence electrons. The third-order valence-corrected chi connectivity index (χ3v) is 2.74. The van der Waals surface area contributed by atoms with Crippen LogP contribution in [-0.2, 0) is 0 Å². The molecule has 17 heavy (non-hydrogen) atoms. The van der Waals surface area contributed by atoms with E-state index in [1.807, 2.05) is 18.2 Å². The number of rotatable bonds is 0. The standard InChI is InChI=1S/C12H10N2O3/c15-11-9-10(17-6-5-13-11)7-3-1-2-4-8(7)14-12(9)16/h1-4H,5-6H2,(H,13,15)(H,14,16). The lowest BCUT2D eigenvalue weighted by Gasteiger charge is -2.08. The average molecular weight is 230 g/mol. The fraction of sp³-hybridized carbons (Fsp3) is 0.167. The molecule has 1 aliphatic heterocycles. The number of hydrogen-bond acceptors (Lipinski definition) is 3. The molecule has 0 spiro atoms. The summed E-state index contributed by atoms with van der Waals surface area (Å²) in [5.41, 5.74) is 0.310. The van der Waals surface area contributed by atoms with Crippen LogP contribution in [0.5, 0.6) is 5.75 Å². The van der Waals surface area contributed by atoms with Crippen LogP contribution < -0.4 is 15.6 Å². The number of amides is 1. The fourth-order valence-electron chi connectivity index (χ4n) is 1.97. The van der Waals surface area contributed by atoms with E-state index in [2.05, 4.69) is 10.3 Å². The topological polar surface area (TPSA) is 71.2 Å². The van der Waals surface area contributed by atoms with Gasteiger partial charge in [0, 0.05) is 5.39 Å². The van der Waals surface area contributed by atoms with Crippen molar-refractivity contribution in [1.82, 2.24) is 10.3 Å². The van der Waals surface area contributed by atoms with Crippen molar-refractivity contribution in [2.45, 2.75) is 0 Å². The third-order valence-electron chi connectivity index (χ3n) is 2.74.